The fourth-order valence-corrected chi connectivity index (χ4v) is 6.17. The van der Waals surface area contributed by atoms with E-state index in [1.165, 1.54) is 5.56 Å². The highest BCUT2D eigenvalue weighted by Crippen LogP contribution is 2.37. The van der Waals surface area contributed by atoms with Crippen molar-refractivity contribution in [2.24, 2.45) is 5.92 Å². The Bertz CT molecular complexity index is 1290. The van der Waals surface area contributed by atoms with Crippen molar-refractivity contribution in [3.8, 4) is 0 Å². The Morgan fingerprint density at radius 1 is 1.11 bits per heavy atom. The quantitative estimate of drug-likeness (QED) is 0.465. The second kappa shape index (κ2) is 10.6. The van der Waals surface area contributed by atoms with Gasteiger partial charge >= 0.3 is 15.5 Å². The predicted octanol–water partition coefficient (Wildman–Crippen LogP) is 4.34. The Morgan fingerprint density at radius 3 is 2.65 bits per heavy atom. The van der Waals surface area contributed by atoms with E-state index in [1.54, 1.807) is 12.3 Å². The molecule has 1 aromatic carbocycles. The summed E-state index contributed by atoms with van der Waals surface area (Å²) in [5, 5.41) is 8.13. The molecule has 2 atom stereocenters. The van der Waals surface area contributed by atoms with Gasteiger partial charge in [0.15, 0.2) is 0 Å². The zero-order chi connectivity index (χ0) is 26.0. The van der Waals surface area contributed by atoms with Crippen molar-refractivity contribution in [2.45, 2.75) is 55.7 Å². The van der Waals surface area contributed by atoms with Crippen molar-refractivity contribution < 1.29 is 26.3 Å². The highest BCUT2D eigenvalue weighted by molar-refractivity contribution is 7.90. The number of nitrogens with zero attached hydrogens (tertiary/aromatic N) is 3. The monoisotopic (exact) mass is 537 g/mol. The van der Waals surface area contributed by atoms with E-state index >= 15 is 0 Å². The van der Waals surface area contributed by atoms with E-state index in [0.717, 1.165) is 36.6 Å². The molecule has 3 aromatic rings. The van der Waals surface area contributed by atoms with Crippen LogP contribution in [0.15, 0.2) is 48.8 Å². The van der Waals surface area contributed by atoms with Crippen LogP contribution in [-0.2, 0) is 14.8 Å². The number of piperidine rings is 1. The van der Waals surface area contributed by atoms with Crippen LogP contribution < -0.4 is 9.62 Å². The summed E-state index contributed by atoms with van der Waals surface area (Å²) in [4.78, 5) is 6.25. The number of aromatic nitrogens is 3. The molecule has 0 radical (unpaired) electrons. The topological polar surface area (TPSA) is 100 Å². The molecule has 1 aliphatic carbocycles. The van der Waals surface area contributed by atoms with E-state index in [0.29, 0.717) is 24.9 Å². The summed E-state index contributed by atoms with van der Waals surface area (Å²) in [7, 11) is -5.48. The first-order chi connectivity index (χ1) is 17.7. The number of anilines is 1. The van der Waals surface area contributed by atoms with Gasteiger partial charge in [0.05, 0.1) is 23.9 Å². The predicted molar refractivity (Wildman–Crippen MR) is 133 cm³/mol. The summed E-state index contributed by atoms with van der Waals surface area (Å²) < 4.78 is 70.9. The molecular weight excluding hydrogens is 507 g/mol. The second-order valence-electron chi connectivity index (χ2n) is 9.90. The van der Waals surface area contributed by atoms with Gasteiger partial charge in [-0.05, 0) is 73.8 Å². The van der Waals surface area contributed by atoms with Crippen LogP contribution in [0.2, 0.25) is 0 Å². The van der Waals surface area contributed by atoms with E-state index < -0.39 is 27.7 Å². The van der Waals surface area contributed by atoms with Crippen molar-refractivity contribution in [2.75, 3.05) is 24.6 Å². The lowest BCUT2D eigenvalue weighted by Crippen LogP contribution is -2.57. The Morgan fingerprint density at radius 2 is 1.92 bits per heavy atom. The first kappa shape index (κ1) is 25.9. The number of fused-ring (bicyclic) bond motifs is 1. The summed E-state index contributed by atoms with van der Waals surface area (Å²) in [6.07, 6.45) is 6.77. The van der Waals surface area contributed by atoms with Gasteiger partial charge in [-0.2, -0.15) is 18.3 Å². The van der Waals surface area contributed by atoms with Gasteiger partial charge in [-0.3, -0.25) is 5.10 Å². The number of alkyl halides is 3. The van der Waals surface area contributed by atoms with Crippen molar-refractivity contribution in [1.82, 2.24) is 19.9 Å². The second-order valence-corrected chi connectivity index (χ2v) is 11.6. The van der Waals surface area contributed by atoms with Crippen LogP contribution in [0.25, 0.3) is 10.9 Å². The summed E-state index contributed by atoms with van der Waals surface area (Å²) >= 11 is 0. The van der Waals surface area contributed by atoms with Gasteiger partial charge in [-0.25, -0.2) is 18.1 Å². The maximum Gasteiger partial charge on any atom is 0.511 e. The molecule has 2 N–H and O–H groups in total. The number of hydrogen-bond donors (Lipinski definition) is 2. The van der Waals surface area contributed by atoms with Crippen LogP contribution in [-0.4, -0.2) is 60.9 Å². The number of sulfonamides is 1. The van der Waals surface area contributed by atoms with Crippen molar-refractivity contribution in [1.29, 1.82) is 0 Å². The minimum Gasteiger partial charge on any atom is -0.374 e. The van der Waals surface area contributed by atoms with Crippen LogP contribution in [0.4, 0.5) is 19.0 Å². The molecule has 0 spiro atoms. The third-order valence-electron chi connectivity index (χ3n) is 7.47. The third-order valence-corrected chi connectivity index (χ3v) is 8.69. The van der Waals surface area contributed by atoms with Crippen LogP contribution in [0.1, 0.15) is 43.6 Å². The third kappa shape index (κ3) is 5.91. The molecule has 0 bridgehead atoms. The van der Waals surface area contributed by atoms with E-state index in [-0.39, 0.29) is 18.9 Å². The number of pyridine rings is 1. The zero-order valence-corrected chi connectivity index (χ0v) is 21.0. The largest absolute Gasteiger partial charge is 0.511 e. The molecule has 2 aromatic heterocycles. The van der Waals surface area contributed by atoms with Crippen LogP contribution in [0.5, 0.6) is 0 Å². The Kier molecular flexibility index (Phi) is 7.42. The molecule has 5 rings (SSSR count). The Balaban J connectivity index is 1.21. The first-order valence-corrected chi connectivity index (χ1v) is 14.0. The van der Waals surface area contributed by atoms with Gasteiger partial charge < -0.3 is 9.64 Å². The fraction of sp³-hybridized carbons (Fsp3) is 0.520. The number of halogens is 3. The van der Waals surface area contributed by atoms with E-state index in [9.17, 15) is 21.6 Å². The summed E-state index contributed by atoms with van der Waals surface area (Å²) in [5.41, 5.74) is -3.07. The molecular formula is C25H30F3N5O3S. The molecule has 2 fully saturated rings. The highest BCUT2D eigenvalue weighted by atomic mass is 32.2. The van der Waals surface area contributed by atoms with E-state index in [4.69, 9.17) is 4.74 Å². The van der Waals surface area contributed by atoms with Gasteiger partial charge in [0.1, 0.15) is 5.82 Å². The molecule has 3 heterocycles. The number of rotatable bonds is 7. The molecule has 0 amide bonds. The smallest absolute Gasteiger partial charge is 0.374 e. The highest BCUT2D eigenvalue weighted by Gasteiger charge is 2.48. The van der Waals surface area contributed by atoms with Crippen molar-refractivity contribution in [3.63, 3.8) is 0 Å². The van der Waals surface area contributed by atoms with Gasteiger partial charge in [-0.15, -0.1) is 0 Å². The number of H-pyrrole nitrogens is 1. The van der Waals surface area contributed by atoms with Gasteiger partial charge in [0.2, 0.25) is 0 Å². The minimum absolute atomic E-state index is 0.180. The minimum atomic E-state index is -5.48. The lowest BCUT2D eigenvalue weighted by Gasteiger charge is -2.40. The van der Waals surface area contributed by atoms with Crippen LogP contribution >= 0.6 is 0 Å². The summed E-state index contributed by atoms with van der Waals surface area (Å²) in [5.74, 6) is 1.39. The number of hydrogen-bond acceptors (Lipinski definition) is 6. The van der Waals surface area contributed by atoms with E-state index in [2.05, 4.69) is 27.3 Å². The van der Waals surface area contributed by atoms with Gasteiger partial charge in [-0.1, -0.05) is 12.1 Å². The van der Waals surface area contributed by atoms with Crippen molar-refractivity contribution in [3.05, 3.63) is 54.4 Å². The molecule has 0 unspecified atom stereocenters. The average molecular weight is 538 g/mol. The van der Waals surface area contributed by atoms with Crippen molar-refractivity contribution >= 4 is 26.7 Å². The number of benzene rings is 1. The molecule has 1 saturated carbocycles. The molecule has 8 nitrogen and oxygen atoms in total. The lowest BCUT2D eigenvalue weighted by molar-refractivity contribution is -0.0470. The standard InChI is InChI=1S/C25H30F3N5O3S/c26-25(27,28)37(34,35)32-22-10-12-33(24-3-1-2-11-29-24)15-23(22)36-16-17-4-6-18(7-5-17)19-8-9-21-20(13-19)14-30-31-21/h1-3,8-9,11,13-14,17-18,22-23,32H,4-7,10,12,15-16H2,(H,30,31)/t17?,18?,22-,23+/m0/s1. The molecule has 37 heavy (non-hydrogen) atoms. The van der Waals surface area contributed by atoms with Crippen LogP contribution in [0.3, 0.4) is 0 Å². The number of aromatic amines is 1. The SMILES string of the molecule is O=S(=O)(N[C@H]1CCN(c2ccccn2)C[C@H]1OCC1CCC(c2ccc3[nH]ncc3c2)CC1)C(F)(F)F. The normalized spacial score (nSPS) is 25.4. The molecule has 2 aliphatic rings. The Labute approximate surface area is 213 Å². The molecule has 1 saturated heterocycles. The maximum absolute atomic E-state index is 13.1. The summed E-state index contributed by atoms with van der Waals surface area (Å²) in [6, 6.07) is 10.8. The number of ether oxygens (including phenoxy) is 1. The van der Waals surface area contributed by atoms with Gasteiger partial charge in [0, 0.05) is 31.3 Å². The average Bonchev–Trinajstić information content (AvgIpc) is 3.36. The zero-order valence-electron chi connectivity index (χ0n) is 20.2. The van der Waals surface area contributed by atoms with Crippen LogP contribution in [0, 0.1) is 5.92 Å². The molecule has 12 heteroatoms. The maximum atomic E-state index is 13.1. The first-order valence-electron chi connectivity index (χ1n) is 12.5. The molecule has 1 aliphatic heterocycles. The van der Waals surface area contributed by atoms with E-state index in [1.807, 2.05) is 34.0 Å². The number of nitrogens with one attached hydrogen (secondary N) is 2. The van der Waals surface area contributed by atoms with Gasteiger partial charge in [0.25, 0.3) is 0 Å². The lowest BCUT2D eigenvalue weighted by atomic mass is 9.79. The summed E-state index contributed by atoms with van der Waals surface area (Å²) in [6.45, 7) is 0.995. The molecule has 200 valence electrons. The fourth-order valence-electron chi connectivity index (χ4n) is 5.37. The Hall–Kier alpha value is -2.70.